The highest BCUT2D eigenvalue weighted by molar-refractivity contribution is 5.08. The second-order valence-electron chi connectivity index (χ2n) is 2.73. The summed E-state index contributed by atoms with van der Waals surface area (Å²) < 4.78 is 140. The number of halogens is 12. The van der Waals surface area contributed by atoms with Crippen LogP contribution in [0.25, 0.3) is 0 Å². The van der Waals surface area contributed by atoms with Crippen molar-refractivity contribution in [2.24, 2.45) is 0 Å². The summed E-state index contributed by atoms with van der Waals surface area (Å²) in [6, 6.07) is 0. The van der Waals surface area contributed by atoms with Gasteiger partial charge >= 0.3 is 30.1 Å². The number of rotatable bonds is 1. The maximum absolute atomic E-state index is 12.4. The van der Waals surface area contributed by atoms with Gasteiger partial charge in [0.15, 0.2) is 0 Å². The van der Waals surface area contributed by atoms with Gasteiger partial charge < -0.3 is 0 Å². The van der Waals surface area contributed by atoms with Gasteiger partial charge in [-0.2, -0.15) is 48.3 Å². The van der Waals surface area contributed by atoms with Crippen molar-refractivity contribution in [3.05, 3.63) is 0 Å². The first kappa shape index (κ1) is 16.2. The topological polar surface area (TPSA) is 0 Å². The van der Waals surface area contributed by atoms with Gasteiger partial charge in [-0.05, 0) is 0 Å². The van der Waals surface area contributed by atoms with Crippen molar-refractivity contribution < 1.29 is 52.7 Å². The number of alkyl halides is 12. The van der Waals surface area contributed by atoms with Crippen molar-refractivity contribution in [3.8, 4) is 0 Å². The Hall–Kier alpha value is -0.840. The molecule has 0 atom stereocenters. The van der Waals surface area contributed by atoms with E-state index in [-0.39, 0.29) is 0 Å². The molecule has 0 amide bonds. The minimum Gasteiger partial charge on any atom is -0.216 e. The molecule has 104 valence electrons. The Morgan fingerprint density at radius 2 is 0.588 bits per heavy atom. The first-order chi connectivity index (χ1) is 7.00. The van der Waals surface area contributed by atoms with Crippen LogP contribution < -0.4 is 0 Å². The number of hydrogen-bond donors (Lipinski definition) is 0. The van der Waals surface area contributed by atoms with Gasteiger partial charge in [0.05, 0.1) is 0 Å². The van der Waals surface area contributed by atoms with E-state index in [9.17, 15) is 52.7 Å². The van der Waals surface area contributed by atoms with Gasteiger partial charge in [-0.15, -0.1) is 0 Å². The summed E-state index contributed by atoms with van der Waals surface area (Å²) in [7, 11) is 0. The second-order valence-corrected chi connectivity index (χ2v) is 2.73. The minimum absolute atomic E-state index is 7.35. The third kappa shape index (κ3) is 2.12. The van der Waals surface area contributed by atoms with Gasteiger partial charge in [0.25, 0.3) is 0 Å². The summed E-state index contributed by atoms with van der Waals surface area (Å²) in [6.45, 7) is 0. The highest BCUT2D eigenvalue weighted by Crippen LogP contribution is 2.59. The number of hydrogen-bond acceptors (Lipinski definition) is 0. The van der Waals surface area contributed by atoms with Crippen LogP contribution in [-0.4, -0.2) is 30.1 Å². The molecule has 0 aromatic rings. The molecule has 0 spiro atoms. The lowest BCUT2D eigenvalue weighted by Crippen LogP contribution is -2.69. The molecule has 0 heterocycles. The summed E-state index contributed by atoms with van der Waals surface area (Å²) in [5.41, 5.74) is -7.70. The molecule has 12 heteroatoms. The van der Waals surface area contributed by atoms with Gasteiger partial charge in [0.1, 0.15) is 0 Å². The molecule has 17 heavy (non-hydrogen) atoms. The molecule has 0 rings (SSSR count). The van der Waals surface area contributed by atoms with Gasteiger partial charge in [-0.3, -0.25) is 0 Å². The standard InChI is InChI=1S/C5F12/c6-1(3(9,10)11,4(12,13)14)2(7,8)5(15,16)17. The first-order valence-corrected chi connectivity index (χ1v) is 3.27. The van der Waals surface area contributed by atoms with Crippen LogP contribution in [0.1, 0.15) is 0 Å². The molecule has 0 aromatic carbocycles. The third-order valence-corrected chi connectivity index (χ3v) is 1.57. The Labute approximate surface area is 84.2 Å². The first-order valence-electron chi connectivity index (χ1n) is 3.27. The van der Waals surface area contributed by atoms with Gasteiger partial charge in [0, 0.05) is 0 Å². The molecule has 0 bridgehead atoms. The molecule has 0 N–H and O–H groups in total. The zero-order valence-corrected chi connectivity index (χ0v) is 7.04. The predicted octanol–water partition coefficient (Wildman–Crippen LogP) is 4.02. The zero-order chi connectivity index (χ0) is 14.5. The van der Waals surface area contributed by atoms with Crippen LogP contribution in [0.15, 0.2) is 0 Å². The molecule has 0 aromatic heterocycles. The molecule has 0 aliphatic carbocycles. The Kier molecular flexibility index (Phi) is 3.40. The molecular weight excluding hydrogens is 288 g/mol. The van der Waals surface area contributed by atoms with Crippen LogP contribution in [-0.2, 0) is 0 Å². The molecule has 0 aliphatic heterocycles. The summed E-state index contributed by atoms with van der Waals surface area (Å²) in [4.78, 5) is 0. The fourth-order valence-electron chi connectivity index (χ4n) is 0.712. The summed E-state index contributed by atoms with van der Waals surface area (Å²) in [5, 5.41) is 0. The Morgan fingerprint density at radius 1 is 0.353 bits per heavy atom. The highest BCUT2D eigenvalue weighted by atomic mass is 19.4. The quantitative estimate of drug-likeness (QED) is 0.639. The second kappa shape index (κ2) is 3.57. The van der Waals surface area contributed by atoms with E-state index < -0.39 is 30.1 Å². The van der Waals surface area contributed by atoms with Crippen molar-refractivity contribution >= 4 is 0 Å². The van der Waals surface area contributed by atoms with E-state index in [1.807, 2.05) is 0 Å². The largest absolute Gasteiger partial charge is 0.457 e. The van der Waals surface area contributed by atoms with E-state index in [0.717, 1.165) is 0 Å². The molecule has 0 aliphatic rings. The van der Waals surface area contributed by atoms with E-state index in [1.54, 1.807) is 0 Å². The van der Waals surface area contributed by atoms with Crippen LogP contribution in [0.5, 0.6) is 0 Å². The van der Waals surface area contributed by atoms with Crippen LogP contribution >= 0.6 is 0 Å². The Balaban J connectivity index is 6.04. The maximum atomic E-state index is 12.4. The van der Waals surface area contributed by atoms with Crippen LogP contribution in [0.2, 0.25) is 0 Å². The highest BCUT2D eigenvalue weighted by Gasteiger charge is 2.90. The monoisotopic (exact) mass is 288 g/mol. The molecule has 0 fully saturated rings. The van der Waals surface area contributed by atoms with E-state index in [0.29, 0.717) is 0 Å². The summed E-state index contributed by atoms with van der Waals surface area (Å²) in [6.07, 6.45) is -22.3. The average Bonchev–Trinajstić information content (AvgIpc) is 1.95. The predicted molar refractivity (Wildman–Crippen MR) is 27.0 cm³/mol. The Bertz CT molecular complexity index is 261. The van der Waals surface area contributed by atoms with E-state index in [1.165, 1.54) is 0 Å². The van der Waals surface area contributed by atoms with Crippen LogP contribution in [0.4, 0.5) is 52.7 Å². The van der Waals surface area contributed by atoms with Crippen molar-refractivity contribution in [3.63, 3.8) is 0 Å². The van der Waals surface area contributed by atoms with Gasteiger partial charge in [-0.25, -0.2) is 4.39 Å². The van der Waals surface area contributed by atoms with Gasteiger partial charge in [0.2, 0.25) is 0 Å². The lowest BCUT2D eigenvalue weighted by atomic mass is 9.95. The van der Waals surface area contributed by atoms with E-state index >= 15 is 0 Å². The fraction of sp³-hybridized carbons (Fsp3) is 1.00. The maximum Gasteiger partial charge on any atom is 0.457 e. The Morgan fingerprint density at radius 3 is 0.647 bits per heavy atom. The molecule has 0 unspecified atom stereocenters. The lowest BCUT2D eigenvalue weighted by Gasteiger charge is -2.36. The third-order valence-electron chi connectivity index (χ3n) is 1.57. The van der Waals surface area contributed by atoms with Crippen molar-refractivity contribution in [1.29, 1.82) is 0 Å². The van der Waals surface area contributed by atoms with E-state index in [2.05, 4.69) is 0 Å². The van der Waals surface area contributed by atoms with Crippen molar-refractivity contribution in [1.82, 2.24) is 0 Å². The normalized spacial score (nSPS) is 16.2. The van der Waals surface area contributed by atoms with E-state index in [4.69, 9.17) is 0 Å². The SMILES string of the molecule is FC(F)(F)C(F)(F)C(F)(C(F)(F)F)C(F)(F)F. The van der Waals surface area contributed by atoms with Crippen molar-refractivity contribution in [2.75, 3.05) is 0 Å². The van der Waals surface area contributed by atoms with Gasteiger partial charge in [-0.1, -0.05) is 0 Å². The molecule has 0 nitrogen and oxygen atoms in total. The molecule has 0 saturated heterocycles. The molecule has 0 radical (unpaired) electrons. The zero-order valence-electron chi connectivity index (χ0n) is 7.04. The molecular formula is C5F12. The summed E-state index contributed by atoms with van der Waals surface area (Å²) >= 11 is 0. The lowest BCUT2D eigenvalue weighted by molar-refractivity contribution is -0.443. The van der Waals surface area contributed by atoms with Crippen LogP contribution in [0, 0.1) is 0 Å². The fourth-order valence-corrected chi connectivity index (χ4v) is 0.712. The van der Waals surface area contributed by atoms with Crippen LogP contribution in [0.3, 0.4) is 0 Å². The smallest absolute Gasteiger partial charge is 0.216 e. The summed E-state index contributed by atoms with van der Waals surface area (Å²) in [5.74, 6) is -7.66. The minimum atomic E-state index is -7.70. The average molecular weight is 288 g/mol. The molecule has 0 saturated carbocycles. The van der Waals surface area contributed by atoms with Crippen molar-refractivity contribution in [2.45, 2.75) is 30.1 Å².